The van der Waals surface area contributed by atoms with Gasteiger partial charge in [0.05, 0.1) is 17.8 Å². The molecule has 1 aliphatic heterocycles. The predicted octanol–water partition coefficient (Wildman–Crippen LogP) is 4.39. The first-order valence-corrected chi connectivity index (χ1v) is 9.37. The molecule has 0 aliphatic carbocycles. The zero-order chi connectivity index (χ0) is 18.1. The number of benzene rings is 1. The van der Waals surface area contributed by atoms with Crippen molar-refractivity contribution in [3.8, 4) is 5.69 Å². The Bertz CT molecular complexity index is 796. The fraction of sp³-hybridized carbons (Fsp3) is 0.500. The van der Waals surface area contributed by atoms with Crippen LogP contribution in [0.15, 0.2) is 18.2 Å². The molecule has 1 saturated heterocycles. The molecule has 2 heterocycles. The van der Waals surface area contributed by atoms with Gasteiger partial charge in [-0.05, 0) is 64.7 Å². The Morgan fingerprint density at radius 1 is 1.28 bits per heavy atom. The maximum atomic E-state index is 12.8. The first-order valence-electron chi connectivity index (χ1n) is 8.99. The Morgan fingerprint density at radius 3 is 2.72 bits per heavy atom. The second-order valence-electron chi connectivity index (χ2n) is 7.10. The average Bonchev–Trinajstić information content (AvgIpc) is 2.86. The number of aryl methyl sites for hydroxylation is 2. The van der Waals surface area contributed by atoms with Gasteiger partial charge in [0.1, 0.15) is 0 Å². The van der Waals surface area contributed by atoms with Gasteiger partial charge in [0.15, 0.2) is 0 Å². The van der Waals surface area contributed by atoms with Crippen LogP contribution >= 0.6 is 11.6 Å². The summed E-state index contributed by atoms with van der Waals surface area (Å²) < 4.78 is 1.89. The third kappa shape index (κ3) is 3.59. The van der Waals surface area contributed by atoms with Crippen molar-refractivity contribution in [2.45, 2.75) is 59.4 Å². The number of nitrogens with zero attached hydrogens (tertiary/aromatic N) is 3. The highest BCUT2D eigenvalue weighted by Gasteiger charge is 2.25. The van der Waals surface area contributed by atoms with Crippen LogP contribution in [0.4, 0.5) is 0 Å². The second-order valence-corrected chi connectivity index (χ2v) is 7.51. The number of carbonyl (C=O) groups excluding carboxylic acids is 1. The second kappa shape index (κ2) is 7.20. The summed E-state index contributed by atoms with van der Waals surface area (Å²) in [5, 5.41) is 5.38. The van der Waals surface area contributed by atoms with E-state index in [1.54, 1.807) is 0 Å². The third-order valence-electron chi connectivity index (χ3n) is 5.29. The van der Waals surface area contributed by atoms with Crippen LogP contribution in [0.1, 0.15) is 48.7 Å². The Kier molecular flexibility index (Phi) is 5.19. The van der Waals surface area contributed by atoms with Gasteiger partial charge in [0, 0.05) is 28.9 Å². The molecule has 0 saturated carbocycles. The standard InChI is InChI=1S/C20H26ClN3O/c1-13-8-9-17(11-19(13)21)24-16(4)18(15(3)22-24)12-20(25)23-10-6-5-7-14(23)2/h8-9,11,14H,5-7,10,12H2,1-4H3. The predicted molar refractivity (Wildman–Crippen MR) is 102 cm³/mol. The maximum absolute atomic E-state index is 12.8. The van der Waals surface area contributed by atoms with E-state index in [-0.39, 0.29) is 5.91 Å². The van der Waals surface area contributed by atoms with E-state index in [0.29, 0.717) is 12.5 Å². The summed E-state index contributed by atoms with van der Waals surface area (Å²) in [7, 11) is 0. The van der Waals surface area contributed by atoms with Gasteiger partial charge in [-0.2, -0.15) is 5.10 Å². The largest absolute Gasteiger partial charge is 0.340 e. The van der Waals surface area contributed by atoms with Gasteiger partial charge < -0.3 is 4.90 Å². The molecule has 0 N–H and O–H groups in total. The lowest BCUT2D eigenvalue weighted by Gasteiger charge is -2.33. The minimum absolute atomic E-state index is 0.208. The molecule has 3 rings (SSSR count). The quantitative estimate of drug-likeness (QED) is 0.814. The maximum Gasteiger partial charge on any atom is 0.227 e. The van der Waals surface area contributed by atoms with E-state index < -0.39 is 0 Å². The van der Waals surface area contributed by atoms with Crippen LogP contribution < -0.4 is 0 Å². The molecule has 2 aromatic rings. The number of halogens is 1. The van der Waals surface area contributed by atoms with Gasteiger partial charge in [-0.25, -0.2) is 4.68 Å². The lowest BCUT2D eigenvalue weighted by molar-refractivity contribution is -0.133. The number of piperidine rings is 1. The number of rotatable bonds is 3. The molecule has 25 heavy (non-hydrogen) atoms. The average molecular weight is 360 g/mol. The smallest absolute Gasteiger partial charge is 0.227 e. The van der Waals surface area contributed by atoms with E-state index in [0.717, 1.165) is 52.6 Å². The summed E-state index contributed by atoms with van der Waals surface area (Å²) in [5.41, 5.74) is 4.92. The number of aromatic nitrogens is 2. The number of amides is 1. The molecule has 1 atom stereocenters. The summed E-state index contributed by atoms with van der Waals surface area (Å²) in [4.78, 5) is 14.8. The lowest BCUT2D eigenvalue weighted by atomic mass is 10.0. The van der Waals surface area contributed by atoms with Crippen LogP contribution in [0.3, 0.4) is 0 Å². The van der Waals surface area contributed by atoms with E-state index in [4.69, 9.17) is 11.6 Å². The van der Waals surface area contributed by atoms with Gasteiger partial charge in [0.2, 0.25) is 5.91 Å². The highest BCUT2D eigenvalue weighted by Crippen LogP contribution is 2.24. The number of hydrogen-bond donors (Lipinski definition) is 0. The summed E-state index contributed by atoms with van der Waals surface area (Å²) in [6, 6.07) is 6.27. The summed E-state index contributed by atoms with van der Waals surface area (Å²) >= 11 is 6.26. The van der Waals surface area contributed by atoms with E-state index >= 15 is 0 Å². The molecule has 4 nitrogen and oxygen atoms in total. The molecule has 1 aromatic heterocycles. The number of hydrogen-bond acceptors (Lipinski definition) is 2. The number of likely N-dealkylation sites (tertiary alicyclic amines) is 1. The van der Waals surface area contributed by atoms with Crippen molar-refractivity contribution in [1.82, 2.24) is 14.7 Å². The van der Waals surface area contributed by atoms with Crippen LogP contribution in [0.25, 0.3) is 5.69 Å². The van der Waals surface area contributed by atoms with E-state index in [1.165, 1.54) is 6.42 Å². The molecule has 1 amide bonds. The highest BCUT2D eigenvalue weighted by molar-refractivity contribution is 6.31. The summed E-state index contributed by atoms with van der Waals surface area (Å²) in [5.74, 6) is 0.208. The molecule has 5 heteroatoms. The number of carbonyl (C=O) groups is 1. The first-order chi connectivity index (χ1) is 11.9. The van der Waals surface area contributed by atoms with Crippen LogP contribution in [-0.4, -0.2) is 33.2 Å². The highest BCUT2D eigenvalue weighted by atomic mass is 35.5. The van der Waals surface area contributed by atoms with Crippen molar-refractivity contribution in [1.29, 1.82) is 0 Å². The Balaban J connectivity index is 1.86. The van der Waals surface area contributed by atoms with Crippen molar-refractivity contribution in [3.05, 3.63) is 45.7 Å². The lowest BCUT2D eigenvalue weighted by Crippen LogP contribution is -2.42. The van der Waals surface area contributed by atoms with Crippen molar-refractivity contribution in [2.24, 2.45) is 0 Å². The van der Waals surface area contributed by atoms with Gasteiger partial charge in [0.25, 0.3) is 0 Å². The summed E-state index contributed by atoms with van der Waals surface area (Å²) in [6.07, 6.45) is 3.84. The van der Waals surface area contributed by atoms with Gasteiger partial charge in [-0.3, -0.25) is 4.79 Å². The van der Waals surface area contributed by atoms with Crippen LogP contribution in [0.2, 0.25) is 5.02 Å². The van der Waals surface area contributed by atoms with E-state index in [9.17, 15) is 4.79 Å². The molecule has 1 aromatic carbocycles. The van der Waals surface area contributed by atoms with Crippen LogP contribution in [0, 0.1) is 20.8 Å². The minimum atomic E-state index is 0.208. The normalized spacial score (nSPS) is 17.8. The molecule has 134 valence electrons. The van der Waals surface area contributed by atoms with Crippen molar-refractivity contribution in [3.63, 3.8) is 0 Å². The first kappa shape index (κ1) is 18.0. The minimum Gasteiger partial charge on any atom is -0.340 e. The monoisotopic (exact) mass is 359 g/mol. The van der Waals surface area contributed by atoms with Crippen LogP contribution in [0.5, 0.6) is 0 Å². The fourth-order valence-corrected chi connectivity index (χ4v) is 3.79. The molecular weight excluding hydrogens is 334 g/mol. The Hall–Kier alpha value is -1.81. The fourth-order valence-electron chi connectivity index (χ4n) is 3.62. The van der Waals surface area contributed by atoms with Crippen molar-refractivity contribution >= 4 is 17.5 Å². The van der Waals surface area contributed by atoms with E-state index in [2.05, 4.69) is 12.0 Å². The SMILES string of the molecule is Cc1ccc(-n2nc(C)c(CC(=O)N3CCCCC3C)c2C)cc1Cl. The molecule has 1 fully saturated rings. The molecule has 1 unspecified atom stereocenters. The molecule has 0 spiro atoms. The molecular formula is C20H26ClN3O. The van der Waals surface area contributed by atoms with Crippen LogP contribution in [-0.2, 0) is 11.2 Å². The third-order valence-corrected chi connectivity index (χ3v) is 5.70. The molecule has 0 radical (unpaired) electrons. The topological polar surface area (TPSA) is 38.1 Å². The van der Waals surface area contributed by atoms with Gasteiger partial charge in [-0.1, -0.05) is 17.7 Å². The van der Waals surface area contributed by atoms with E-state index in [1.807, 2.05) is 48.6 Å². The van der Waals surface area contributed by atoms with Gasteiger partial charge >= 0.3 is 0 Å². The zero-order valence-electron chi connectivity index (χ0n) is 15.5. The summed E-state index contributed by atoms with van der Waals surface area (Å²) in [6.45, 7) is 9.00. The molecule has 1 aliphatic rings. The van der Waals surface area contributed by atoms with Crippen molar-refractivity contribution < 1.29 is 4.79 Å². The molecule has 0 bridgehead atoms. The van der Waals surface area contributed by atoms with Crippen molar-refractivity contribution in [2.75, 3.05) is 6.54 Å². The Morgan fingerprint density at radius 2 is 2.04 bits per heavy atom. The Labute approximate surface area is 154 Å². The van der Waals surface area contributed by atoms with Gasteiger partial charge in [-0.15, -0.1) is 0 Å². The zero-order valence-corrected chi connectivity index (χ0v) is 16.2.